The smallest absolute Gasteiger partial charge is 0.119 e. The summed E-state index contributed by atoms with van der Waals surface area (Å²) in [5.74, 6) is 13.8. The summed E-state index contributed by atoms with van der Waals surface area (Å²) >= 11 is 0. The van der Waals surface area contributed by atoms with Gasteiger partial charge in [-0.15, -0.1) is 0 Å². The van der Waals surface area contributed by atoms with Crippen LogP contribution < -0.4 is 9.47 Å². The summed E-state index contributed by atoms with van der Waals surface area (Å²) in [5.41, 5.74) is 1.88. The van der Waals surface area contributed by atoms with Crippen LogP contribution in [0.2, 0.25) is 0 Å². The summed E-state index contributed by atoms with van der Waals surface area (Å²) in [5, 5.41) is 0. The summed E-state index contributed by atoms with van der Waals surface area (Å²) in [6.45, 7) is 5.98. The Morgan fingerprint density at radius 1 is 0.471 bits per heavy atom. The minimum absolute atomic E-state index is 0.760. The topological polar surface area (TPSA) is 18.5 Å². The number of hydrogen-bond donors (Lipinski definition) is 0. The lowest BCUT2D eigenvalue weighted by atomic mass is 10.1. The van der Waals surface area contributed by atoms with Crippen LogP contribution in [-0.2, 0) is 0 Å². The van der Waals surface area contributed by atoms with Gasteiger partial charge in [0.05, 0.1) is 13.2 Å². The zero-order valence-electron chi connectivity index (χ0n) is 21.3. The van der Waals surface area contributed by atoms with E-state index in [9.17, 15) is 0 Å². The molecule has 2 rings (SSSR count). The van der Waals surface area contributed by atoms with Gasteiger partial charge < -0.3 is 9.47 Å². The first-order chi connectivity index (χ1) is 16.8. The van der Waals surface area contributed by atoms with Gasteiger partial charge in [-0.3, -0.25) is 0 Å². The zero-order valence-corrected chi connectivity index (χ0v) is 21.3. The maximum absolute atomic E-state index is 5.87. The highest BCUT2D eigenvalue weighted by Crippen LogP contribution is 2.14. The normalized spacial score (nSPS) is 10.1. The molecule has 2 aromatic carbocycles. The predicted molar refractivity (Wildman–Crippen MR) is 144 cm³/mol. The molecule has 0 spiro atoms. The van der Waals surface area contributed by atoms with Crippen molar-refractivity contribution in [1.29, 1.82) is 0 Å². The van der Waals surface area contributed by atoms with Crippen LogP contribution in [0.3, 0.4) is 0 Å². The second-order valence-electron chi connectivity index (χ2n) is 8.78. The molecule has 0 aliphatic rings. The van der Waals surface area contributed by atoms with Crippen LogP contribution in [0.15, 0.2) is 48.5 Å². The molecule has 0 aliphatic heterocycles. The standard InChI is InChI=1S/C32H42O2/c1-3-5-7-8-9-10-11-12-13-16-28-34-32-25-21-30(22-26-32)18-15-14-17-29-19-23-31(24-20-29)33-27-6-4-2/h19-26H,3-13,16,27-28H2,1-2H3. The van der Waals surface area contributed by atoms with Crippen molar-refractivity contribution < 1.29 is 9.47 Å². The van der Waals surface area contributed by atoms with Gasteiger partial charge in [0.15, 0.2) is 0 Å². The van der Waals surface area contributed by atoms with Crippen molar-refractivity contribution in [2.24, 2.45) is 0 Å². The number of unbranched alkanes of at least 4 members (excludes halogenated alkanes) is 10. The van der Waals surface area contributed by atoms with E-state index in [2.05, 4.69) is 37.5 Å². The molecule has 0 amide bonds. The predicted octanol–water partition coefficient (Wildman–Crippen LogP) is 8.57. The summed E-state index contributed by atoms with van der Waals surface area (Å²) in [4.78, 5) is 0. The Hall–Kier alpha value is -2.84. The van der Waals surface area contributed by atoms with Gasteiger partial charge in [-0.05, 0) is 73.2 Å². The van der Waals surface area contributed by atoms with Gasteiger partial charge >= 0.3 is 0 Å². The second kappa shape index (κ2) is 18.6. The average Bonchev–Trinajstić information content (AvgIpc) is 2.87. The van der Waals surface area contributed by atoms with E-state index in [1.807, 2.05) is 48.5 Å². The molecule has 0 N–H and O–H groups in total. The van der Waals surface area contributed by atoms with Gasteiger partial charge in [-0.1, -0.05) is 89.9 Å². The first-order valence-corrected chi connectivity index (χ1v) is 13.3. The van der Waals surface area contributed by atoms with E-state index in [0.29, 0.717) is 0 Å². The first-order valence-electron chi connectivity index (χ1n) is 13.3. The molecule has 0 heterocycles. The Morgan fingerprint density at radius 2 is 0.853 bits per heavy atom. The molecule has 0 bridgehead atoms. The minimum Gasteiger partial charge on any atom is -0.494 e. The van der Waals surface area contributed by atoms with E-state index in [1.54, 1.807) is 0 Å². The highest BCUT2D eigenvalue weighted by molar-refractivity contribution is 5.46. The molecule has 0 fully saturated rings. The molecule has 0 aliphatic carbocycles. The lowest BCUT2D eigenvalue weighted by Gasteiger charge is -2.06. The first kappa shape index (κ1) is 27.4. The highest BCUT2D eigenvalue weighted by atomic mass is 16.5. The van der Waals surface area contributed by atoms with Gasteiger partial charge in [-0.25, -0.2) is 0 Å². The summed E-state index contributed by atoms with van der Waals surface area (Å²) < 4.78 is 11.5. The molecular weight excluding hydrogens is 416 g/mol. The number of benzene rings is 2. The van der Waals surface area contributed by atoms with Crippen LogP contribution in [0.5, 0.6) is 11.5 Å². The zero-order chi connectivity index (χ0) is 24.1. The molecule has 2 heteroatoms. The SMILES string of the molecule is CCCCCCCCCCCCOc1ccc(C#CC#Cc2ccc(OCCCC)cc2)cc1. The van der Waals surface area contributed by atoms with Crippen LogP contribution in [0.1, 0.15) is 102 Å². The summed E-state index contributed by atoms with van der Waals surface area (Å²) in [6, 6.07) is 15.8. The Balaban J connectivity index is 1.60. The molecule has 2 nitrogen and oxygen atoms in total. The fourth-order valence-corrected chi connectivity index (χ4v) is 3.59. The van der Waals surface area contributed by atoms with Crippen LogP contribution in [-0.4, -0.2) is 13.2 Å². The van der Waals surface area contributed by atoms with Crippen molar-refractivity contribution in [3.8, 4) is 35.2 Å². The van der Waals surface area contributed by atoms with Crippen molar-refractivity contribution in [2.45, 2.75) is 90.9 Å². The molecule has 182 valence electrons. The summed E-state index contributed by atoms with van der Waals surface area (Å²) in [6.07, 6.45) is 15.6. The third kappa shape index (κ3) is 13.0. The lowest BCUT2D eigenvalue weighted by Crippen LogP contribution is -1.97. The van der Waals surface area contributed by atoms with Crippen molar-refractivity contribution in [3.05, 3.63) is 59.7 Å². The van der Waals surface area contributed by atoms with E-state index in [0.717, 1.165) is 55.1 Å². The lowest BCUT2D eigenvalue weighted by molar-refractivity contribution is 0.304. The molecule has 0 radical (unpaired) electrons. The van der Waals surface area contributed by atoms with Gasteiger partial charge in [0, 0.05) is 11.1 Å². The van der Waals surface area contributed by atoms with Gasteiger partial charge in [0.25, 0.3) is 0 Å². The third-order valence-electron chi connectivity index (χ3n) is 5.72. The van der Waals surface area contributed by atoms with E-state index in [1.165, 1.54) is 57.8 Å². The van der Waals surface area contributed by atoms with E-state index < -0.39 is 0 Å². The van der Waals surface area contributed by atoms with E-state index in [-0.39, 0.29) is 0 Å². The monoisotopic (exact) mass is 458 g/mol. The molecule has 0 atom stereocenters. The van der Waals surface area contributed by atoms with Crippen LogP contribution >= 0.6 is 0 Å². The molecule has 0 aromatic heterocycles. The molecule has 0 unspecified atom stereocenters. The Kier molecular flexibility index (Phi) is 15.0. The van der Waals surface area contributed by atoms with E-state index in [4.69, 9.17) is 9.47 Å². The summed E-state index contributed by atoms with van der Waals surface area (Å²) in [7, 11) is 0. The minimum atomic E-state index is 0.760. The maximum Gasteiger partial charge on any atom is 0.119 e. The van der Waals surface area contributed by atoms with Gasteiger partial charge in [-0.2, -0.15) is 0 Å². The maximum atomic E-state index is 5.87. The molecule has 34 heavy (non-hydrogen) atoms. The van der Waals surface area contributed by atoms with Crippen molar-refractivity contribution >= 4 is 0 Å². The van der Waals surface area contributed by atoms with Crippen LogP contribution in [0.4, 0.5) is 0 Å². The largest absolute Gasteiger partial charge is 0.494 e. The molecule has 0 saturated carbocycles. The average molecular weight is 459 g/mol. The van der Waals surface area contributed by atoms with Crippen molar-refractivity contribution in [3.63, 3.8) is 0 Å². The van der Waals surface area contributed by atoms with Gasteiger partial charge in [0.1, 0.15) is 11.5 Å². The quantitative estimate of drug-likeness (QED) is 0.185. The van der Waals surface area contributed by atoms with Gasteiger partial charge in [0.2, 0.25) is 0 Å². The number of hydrogen-bond acceptors (Lipinski definition) is 2. The molecule has 0 saturated heterocycles. The number of ether oxygens (including phenoxy) is 2. The Bertz CT molecular complexity index is 889. The highest BCUT2D eigenvalue weighted by Gasteiger charge is 1.96. The fourth-order valence-electron chi connectivity index (χ4n) is 3.59. The van der Waals surface area contributed by atoms with Crippen LogP contribution in [0.25, 0.3) is 0 Å². The fraction of sp³-hybridized carbons (Fsp3) is 0.500. The molecular formula is C32H42O2. The number of rotatable bonds is 16. The van der Waals surface area contributed by atoms with Crippen molar-refractivity contribution in [2.75, 3.05) is 13.2 Å². The Morgan fingerprint density at radius 3 is 1.29 bits per heavy atom. The second-order valence-corrected chi connectivity index (χ2v) is 8.78. The van der Waals surface area contributed by atoms with E-state index >= 15 is 0 Å². The molecule has 2 aromatic rings. The Labute approximate surface area is 208 Å². The van der Waals surface area contributed by atoms with Crippen molar-refractivity contribution in [1.82, 2.24) is 0 Å². The third-order valence-corrected chi connectivity index (χ3v) is 5.72. The van der Waals surface area contributed by atoms with Crippen LogP contribution in [0, 0.1) is 23.7 Å².